The minimum atomic E-state index is 0.721. The lowest BCUT2D eigenvalue weighted by atomic mass is 10.1. The second kappa shape index (κ2) is 9.36. The molecule has 2 aromatic rings. The summed E-state index contributed by atoms with van der Waals surface area (Å²) in [6.07, 6.45) is 5.44. The fraction of sp³-hybridized carbons (Fsp3) is 0.409. The lowest BCUT2D eigenvalue weighted by Crippen LogP contribution is -2.24. The van der Waals surface area contributed by atoms with Crippen molar-refractivity contribution < 1.29 is 0 Å². The van der Waals surface area contributed by atoms with E-state index in [0.29, 0.717) is 0 Å². The average Bonchev–Trinajstić information content (AvgIpc) is 2.91. The second-order valence-corrected chi connectivity index (χ2v) is 6.93. The molecule has 2 aromatic carbocycles. The third-order valence-corrected chi connectivity index (χ3v) is 4.81. The highest BCUT2D eigenvalue weighted by atomic mass is 15.1. The van der Waals surface area contributed by atoms with Crippen molar-refractivity contribution in [3.05, 3.63) is 70.8 Å². The van der Waals surface area contributed by atoms with Gasteiger partial charge in [0.15, 0.2) is 0 Å². The third kappa shape index (κ3) is 5.70. The van der Waals surface area contributed by atoms with Crippen LogP contribution in [0.3, 0.4) is 0 Å². The number of nitrogens with zero attached hydrogens (tertiary/aromatic N) is 2. The highest BCUT2D eigenvalue weighted by Crippen LogP contribution is 2.14. The Labute approximate surface area is 151 Å². The molecular formula is C22H27N3. The molecule has 0 aliphatic carbocycles. The van der Waals surface area contributed by atoms with E-state index in [1.807, 2.05) is 18.2 Å². The van der Waals surface area contributed by atoms with Crippen molar-refractivity contribution in [2.24, 2.45) is 0 Å². The van der Waals surface area contributed by atoms with E-state index < -0.39 is 0 Å². The Morgan fingerprint density at radius 3 is 2.20 bits per heavy atom. The van der Waals surface area contributed by atoms with Crippen LogP contribution in [0.1, 0.15) is 47.9 Å². The Morgan fingerprint density at radius 2 is 1.48 bits per heavy atom. The maximum absolute atomic E-state index is 8.97. The quantitative estimate of drug-likeness (QED) is 0.860. The zero-order valence-electron chi connectivity index (χ0n) is 14.9. The number of rotatable bonds is 6. The zero-order chi connectivity index (χ0) is 17.3. The summed E-state index contributed by atoms with van der Waals surface area (Å²) < 4.78 is 0. The second-order valence-electron chi connectivity index (χ2n) is 6.93. The smallest absolute Gasteiger partial charge is 0.0991 e. The molecule has 1 N–H and O–H groups in total. The SMILES string of the molecule is N#Cc1cccc(CNCc2cccc(CN3CCCCCC3)c2)c1. The van der Waals surface area contributed by atoms with E-state index in [1.165, 1.54) is 49.9 Å². The van der Waals surface area contributed by atoms with Crippen LogP contribution in [0.25, 0.3) is 0 Å². The van der Waals surface area contributed by atoms with Gasteiger partial charge in [0.05, 0.1) is 11.6 Å². The molecular weight excluding hydrogens is 306 g/mol. The summed E-state index contributed by atoms with van der Waals surface area (Å²) in [4.78, 5) is 2.59. The Bertz CT molecular complexity index is 709. The van der Waals surface area contributed by atoms with Gasteiger partial charge in [0.2, 0.25) is 0 Å². The minimum Gasteiger partial charge on any atom is -0.309 e. The molecule has 1 saturated heterocycles. The van der Waals surface area contributed by atoms with Gasteiger partial charge in [-0.15, -0.1) is 0 Å². The Morgan fingerprint density at radius 1 is 0.840 bits per heavy atom. The molecule has 0 amide bonds. The predicted molar refractivity (Wildman–Crippen MR) is 102 cm³/mol. The van der Waals surface area contributed by atoms with Crippen LogP contribution in [0.2, 0.25) is 0 Å². The highest BCUT2D eigenvalue weighted by Gasteiger charge is 2.09. The van der Waals surface area contributed by atoms with Crippen molar-refractivity contribution in [3.63, 3.8) is 0 Å². The molecule has 1 heterocycles. The van der Waals surface area contributed by atoms with E-state index in [4.69, 9.17) is 5.26 Å². The molecule has 3 rings (SSSR count). The van der Waals surface area contributed by atoms with Gasteiger partial charge in [-0.1, -0.05) is 49.2 Å². The Kier molecular flexibility index (Phi) is 6.62. The van der Waals surface area contributed by atoms with Gasteiger partial charge in [0.25, 0.3) is 0 Å². The van der Waals surface area contributed by atoms with Crippen LogP contribution in [0.5, 0.6) is 0 Å². The lowest BCUT2D eigenvalue weighted by Gasteiger charge is -2.20. The number of nitrogens with one attached hydrogen (secondary N) is 1. The number of nitriles is 1. The van der Waals surface area contributed by atoms with Crippen LogP contribution in [0.4, 0.5) is 0 Å². The first-order valence-electron chi connectivity index (χ1n) is 9.33. The van der Waals surface area contributed by atoms with Crippen LogP contribution in [0, 0.1) is 11.3 Å². The fourth-order valence-electron chi connectivity index (χ4n) is 3.49. The summed E-state index contributed by atoms with van der Waals surface area (Å²) in [5.41, 5.74) is 4.61. The normalized spacial score (nSPS) is 15.5. The van der Waals surface area contributed by atoms with Gasteiger partial charge in [-0.05, 0) is 54.8 Å². The molecule has 0 spiro atoms. The van der Waals surface area contributed by atoms with Gasteiger partial charge in [-0.2, -0.15) is 5.26 Å². The average molecular weight is 333 g/mol. The van der Waals surface area contributed by atoms with E-state index in [1.54, 1.807) is 0 Å². The number of benzene rings is 2. The van der Waals surface area contributed by atoms with Gasteiger partial charge < -0.3 is 5.32 Å². The largest absolute Gasteiger partial charge is 0.309 e. The summed E-state index contributed by atoms with van der Waals surface area (Å²) in [7, 11) is 0. The van der Waals surface area contributed by atoms with Gasteiger partial charge >= 0.3 is 0 Å². The molecule has 25 heavy (non-hydrogen) atoms. The summed E-state index contributed by atoms with van der Waals surface area (Å²) in [6.45, 7) is 5.17. The molecule has 1 fully saturated rings. The minimum absolute atomic E-state index is 0.721. The Hall–Kier alpha value is -2.15. The van der Waals surface area contributed by atoms with Crippen LogP contribution in [-0.4, -0.2) is 18.0 Å². The first kappa shape index (κ1) is 17.7. The van der Waals surface area contributed by atoms with Crippen molar-refractivity contribution in [2.75, 3.05) is 13.1 Å². The number of likely N-dealkylation sites (tertiary alicyclic amines) is 1. The number of hydrogen-bond donors (Lipinski definition) is 1. The Balaban J connectivity index is 1.51. The summed E-state index contributed by atoms with van der Waals surface area (Å²) in [6, 6.07) is 18.9. The predicted octanol–water partition coefficient (Wildman–Crippen LogP) is 4.22. The molecule has 0 bridgehead atoms. The molecule has 130 valence electrons. The van der Waals surface area contributed by atoms with E-state index in [2.05, 4.69) is 46.6 Å². The summed E-state index contributed by atoms with van der Waals surface area (Å²) in [5, 5.41) is 12.5. The van der Waals surface area contributed by atoms with Gasteiger partial charge in [0.1, 0.15) is 0 Å². The van der Waals surface area contributed by atoms with Crippen molar-refractivity contribution in [1.82, 2.24) is 10.2 Å². The highest BCUT2D eigenvalue weighted by molar-refractivity contribution is 5.32. The molecule has 0 aromatic heterocycles. The molecule has 1 aliphatic heterocycles. The topological polar surface area (TPSA) is 39.1 Å². The molecule has 0 saturated carbocycles. The van der Waals surface area contributed by atoms with E-state index in [9.17, 15) is 0 Å². The lowest BCUT2D eigenvalue weighted by molar-refractivity contribution is 0.277. The van der Waals surface area contributed by atoms with E-state index in [0.717, 1.165) is 30.8 Å². The monoisotopic (exact) mass is 333 g/mol. The first-order valence-corrected chi connectivity index (χ1v) is 9.33. The van der Waals surface area contributed by atoms with Gasteiger partial charge in [-0.3, -0.25) is 4.90 Å². The number of hydrogen-bond acceptors (Lipinski definition) is 3. The van der Waals surface area contributed by atoms with E-state index >= 15 is 0 Å². The molecule has 3 nitrogen and oxygen atoms in total. The third-order valence-electron chi connectivity index (χ3n) is 4.81. The van der Waals surface area contributed by atoms with Gasteiger partial charge in [-0.25, -0.2) is 0 Å². The first-order chi connectivity index (χ1) is 12.3. The molecule has 1 aliphatic rings. The molecule has 3 heteroatoms. The fourth-order valence-corrected chi connectivity index (χ4v) is 3.49. The van der Waals surface area contributed by atoms with Crippen LogP contribution >= 0.6 is 0 Å². The molecule has 0 atom stereocenters. The molecule has 0 unspecified atom stereocenters. The zero-order valence-corrected chi connectivity index (χ0v) is 14.9. The van der Waals surface area contributed by atoms with Crippen molar-refractivity contribution >= 4 is 0 Å². The molecule has 0 radical (unpaired) electrons. The van der Waals surface area contributed by atoms with Crippen molar-refractivity contribution in [2.45, 2.75) is 45.3 Å². The van der Waals surface area contributed by atoms with E-state index in [-0.39, 0.29) is 0 Å². The maximum atomic E-state index is 8.97. The summed E-state index contributed by atoms with van der Waals surface area (Å²) in [5.74, 6) is 0. The van der Waals surface area contributed by atoms with Crippen molar-refractivity contribution in [1.29, 1.82) is 5.26 Å². The van der Waals surface area contributed by atoms with Crippen molar-refractivity contribution in [3.8, 4) is 6.07 Å². The van der Waals surface area contributed by atoms with Crippen LogP contribution < -0.4 is 5.32 Å². The van der Waals surface area contributed by atoms with Gasteiger partial charge in [0, 0.05) is 19.6 Å². The van der Waals surface area contributed by atoms with Crippen LogP contribution in [-0.2, 0) is 19.6 Å². The standard InChI is InChI=1S/C22H27N3/c23-15-19-7-5-8-20(13-19)16-24-17-21-9-6-10-22(14-21)18-25-11-3-1-2-4-12-25/h5-10,13-14,24H,1-4,11-12,16-18H2. The maximum Gasteiger partial charge on any atom is 0.0991 e. The van der Waals surface area contributed by atoms with Crippen LogP contribution in [0.15, 0.2) is 48.5 Å². The summed E-state index contributed by atoms with van der Waals surface area (Å²) >= 11 is 0.